The SMILES string of the molecule is COC(=O)c1ccc(NC(=O)C2CCN(c3nc4nc[nH]c(=O)c4s3)CC2)cc1. The molecule has 4 rings (SSSR count). The molecule has 0 aliphatic carbocycles. The first kappa shape index (κ1) is 19.1. The number of methoxy groups -OCH3 is 1. The van der Waals surface area contributed by atoms with E-state index in [1.54, 1.807) is 24.3 Å². The number of carbonyl (C=O) groups excluding carboxylic acids is 2. The minimum Gasteiger partial charge on any atom is -0.465 e. The number of anilines is 2. The van der Waals surface area contributed by atoms with Crippen molar-refractivity contribution in [2.45, 2.75) is 12.8 Å². The molecule has 0 spiro atoms. The highest BCUT2D eigenvalue weighted by Gasteiger charge is 2.27. The van der Waals surface area contributed by atoms with E-state index in [1.165, 1.54) is 24.8 Å². The predicted octanol–water partition coefficient (Wildman–Crippen LogP) is 2.02. The number of piperidine rings is 1. The number of H-pyrrole nitrogens is 1. The zero-order valence-electron chi connectivity index (χ0n) is 15.7. The number of esters is 1. The molecule has 1 saturated heterocycles. The number of nitrogens with one attached hydrogen (secondary N) is 2. The number of carbonyl (C=O) groups is 2. The number of hydrogen-bond acceptors (Lipinski definition) is 8. The van der Waals surface area contributed by atoms with E-state index in [-0.39, 0.29) is 17.4 Å². The Bertz CT molecular complexity index is 1100. The van der Waals surface area contributed by atoms with Crippen LogP contribution >= 0.6 is 11.3 Å². The Hall–Kier alpha value is -3.27. The molecule has 3 aromatic rings. The summed E-state index contributed by atoms with van der Waals surface area (Å²) in [5, 5.41) is 3.65. The smallest absolute Gasteiger partial charge is 0.337 e. The molecule has 1 fully saturated rings. The summed E-state index contributed by atoms with van der Waals surface area (Å²) < 4.78 is 5.18. The lowest BCUT2D eigenvalue weighted by Gasteiger charge is -2.30. The second-order valence-electron chi connectivity index (χ2n) is 6.70. The number of aromatic nitrogens is 3. The fraction of sp³-hybridized carbons (Fsp3) is 0.316. The van der Waals surface area contributed by atoms with Gasteiger partial charge in [0.05, 0.1) is 19.0 Å². The zero-order chi connectivity index (χ0) is 20.4. The van der Waals surface area contributed by atoms with Crippen LogP contribution in [0.4, 0.5) is 10.8 Å². The van der Waals surface area contributed by atoms with Crippen LogP contribution in [0, 0.1) is 5.92 Å². The number of thiazole rings is 1. The number of amides is 1. The van der Waals surface area contributed by atoms with Gasteiger partial charge in [-0.1, -0.05) is 11.3 Å². The van der Waals surface area contributed by atoms with Gasteiger partial charge in [-0.25, -0.2) is 9.78 Å². The standard InChI is InChI=1S/C19H19N5O4S/c1-28-18(27)12-2-4-13(5-3-12)22-16(25)11-6-8-24(9-7-11)19-23-15-14(29-19)17(26)21-10-20-15/h2-5,10-11H,6-9H2,1H3,(H,22,25)(H,20,21,26). The normalized spacial score (nSPS) is 14.7. The van der Waals surface area contributed by atoms with Gasteiger partial charge in [0.2, 0.25) is 5.91 Å². The molecule has 1 aliphatic rings. The van der Waals surface area contributed by atoms with Gasteiger partial charge in [-0.2, -0.15) is 4.98 Å². The van der Waals surface area contributed by atoms with Crippen molar-refractivity contribution < 1.29 is 14.3 Å². The number of ether oxygens (including phenoxy) is 1. The van der Waals surface area contributed by atoms with Gasteiger partial charge in [-0.05, 0) is 37.1 Å². The van der Waals surface area contributed by atoms with Crippen molar-refractivity contribution in [1.29, 1.82) is 0 Å². The summed E-state index contributed by atoms with van der Waals surface area (Å²) in [6.45, 7) is 1.36. The Kier molecular flexibility index (Phi) is 5.26. The van der Waals surface area contributed by atoms with Crippen LogP contribution in [-0.2, 0) is 9.53 Å². The summed E-state index contributed by atoms with van der Waals surface area (Å²) in [4.78, 5) is 49.1. The Morgan fingerprint density at radius 1 is 1.24 bits per heavy atom. The second kappa shape index (κ2) is 8.00. The summed E-state index contributed by atoms with van der Waals surface area (Å²) in [5.74, 6) is -0.567. The van der Waals surface area contributed by atoms with Crippen LogP contribution in [0.25, 0.3) is 10.3 Å². The topological polar surface area (TPSA) is 117 Å². The van der Waals surface area contributed by atoms with Crippen molar-refractivity contribution >= 4 is 44.4 Å². The molecule has 1 aromatic carbocycles. The monoisotopic (exact) mass is 413 g/mol. The number of aromatic amines is 1. The summed E-state index contributed by atoms with van der Waals surface area (Å²) in [5.41, 5.74) is 1.33. The third kappa shape index (κ3) is 3.97. The molecule has 29 heavy (non-hydrogen) atoms. The molecule has 3 heterocycles. The first-order valence-electron chi connectivity index (χ1n) is 9.13. The van der Waals surface area contributed by atoms with Crippen LogP contribution in [0.1, 0.15) is 23.2 Å². The summed E-state index contributed by atoms with van der Waals surface area (Å²) in [6.07, 6.45) is 2.72. The molecule has 2 aromatic heterocycles. The predicted molar refractivity (Wildman–Crippen MR) is 109 cm³/mol. The maximum atomic E-state index is 12.6. The highest BCUT2D eigenvalue weighted by molar-refractivity contribution is 7.22. The quantitative estimate of drug-likeness (QED) is 0.628. The van der Waals surface area contributed by atoms with Gasteiger partial charge in [0, 0.05) is 24.7 Å². The van der Waals surface area contributed by atoms with E-state index in [9.17, 15) is 14.4 Å². The van der Waals surface area contributed by atoms with Crippen LogP contribution in [0.2, 0.25) is 0 Å². The molecule has 9 nitrogen and oxygen atoms in total. The minimum absolute atomic E-state index is 0.0436. The molecule has 0 radical (unpaired) electrons. The maximum absolute atomic E-state index is 12.6. The molecule has 0 atom stereocenters. The molecule has 0 saturated carbocycles. The maximum Gasteiger partial charge on any atom is 0.337 e. The van der Waals surface area contributed by atoms with Gasteiger partial charge < -0.3 is 19.9 Å². The van der Waals surface area contributed by atoms with Gasteiger partial charge in [0.25, 0.3) is 5.56 Å². The average molecular weight is 413 g/mol. The molecule has 1 amide bonds. The van der Waals surface area contributed by atoms with Crippen LogP contribution in [0.15, 0.2) is 35.4 Å². The Balaban J connectivity index is 1.36. The van der Waals surface area contributed by atoms with Gasteiger partial charge in [-0.3, -0.25) is 9.59 Å². The fourth-order valence-electron chi connectivity index (χ4n) is 3.27. The Labute approximate surface area is 169 Å². The van der Waals surface area contributed by atoms with Crippen molar-refractivity contribution in [1.82, 2.24) is 15.0 Å². The van der Waals surface area contributed by atoms with Crippen molar-refractivity contribution in [2.24, 2.45) is 5.92 Å². The van der Waals surface area contributed by atoms with E-state index >= 15 is 0 Å². The molecule has 150 valence electrons. The van der Waals surface area contributed by atoms with E-state index in [1.807, 2.05) is 0 Å². The summed E-state index contributed by atoms with van der Waals surface area (Å²) >= 11 is 1.32. The molecular weight excluding hydrogens is 394 g/mol. The minimum atomic E-state index is -0.415. The molecule has 0 bridgehead atoms. The zero-order valence-corrected chi connectivity index (χ0v) is 16.5. The molecule has 2 N–H and O–H groups in total. The van der Waals surface area contributed by atoms with Crippen molar-refractivity contribution in [3.63, 3.8) is 0 Å². The first-order valence-corrected chi connectivity index (χ1v) is 9.95. The summed E-state index contributed by atoms with van der Waals surface area (Å²) in [6, 6.07) is 6.61. The van der Waals surface area contributed by atoms with E-state index in [0.717, 1.165) is 5.13 Å². The highest BCUT2D eigenvalue weighted by Crippen LogP contribution is 2.29. The van der Waals surface area contributed by atoms with Crippen molar-refractivity contribution in [3.05, 3.63) is 46.5 Å². The third-order valence-electron chi connectivity index (χ3n) is 4.90. The van der Waals surface area contributed by atoms with Crippen LogP contribution in [-0.4, -0.2) is 47.0 Å². The van der Waals surface area contributed by atoms with Crippen molar-refractivity contribution in [2.75, 3.05) is 30.4 Å². The number of hydrogen-bond donors (Lipinski definition) is 2. The van der Waals surface area contributed by atoms with E-state index in [2.05, 4.69) is 29.9 Å². The first-order chi connectivity index (χ1) is 14.0. The Morgan fingerprint density at radius 2 is 1.97 bits per heavy atom. The van der Waals surface area contributed by atoms with Gasteiger partial charge in [0.15, 0.2) is 10.8 Å². The molecule has 0 unspecified atom stereocenters. The van der Waals surface area contributed by atoms with Crippen LogP contribution in [0.3, 0.4) is 0 Å². The highest BCUT2D eigenvalue weighted by atomic mass is 32.1. The van der Waals surface area contributed by atoms with E-state index < -0.39 is 5.97 Å². The van der Waals surface area contributed by atoms with Gasteiger partial charge in [-0.15, -0.1) is 0 Å². The molecular formula is C19H19N5O4S. The lowest BCUT2D eigenvalue weighted by Crippen LogP contribution is -2.38. The van der Waals surface area contributed by atoms with Crippen LogP contribution in [0.5, 0.6) is 0 Å². The number of nitrogens with zero attached hydrogens (tertiary/aromatic N) is 3. The van der Waals surface area contributed by atoms with Gasteiger partial charge >= 0.3 is 5.97 Å². The lowest BCUT2D eigenvalue weighted by molar-refractivity contribution is -0.120. The van der Waals surface area contributed by atoms with Crippen LogP contribution < -0.4 is 15.8 Å². The third-order valence-corrected chi connectivity index (χ3v) is 6.00. The molecule has 10 heteroatoms. The largest absolute Gasteiger partial charge is 0.465 e. The average Bonchev–Trinajstić information content (AvgIpc) is 3.19. The van der Waals surface area contributed by atoms with E-state index in [0.29, 0.717) is 47.5 Å². The fourth-order valence-corrected chi connectivity index (χ4v) is 4.24. The second-order valence-corrected chi connectivity index (χ2v) is 7.68. The van der Waals surface area contributed by atoms with E-state index in [4.69, 9.17) is 0 Å². The summed E-state index contributed by atoms with van der Waals surface area (Å²) in [7, 11) is 1.33. The number of fused-ring (bicyclic) bond motifs is 1. The number of benzene rings is 1. The number of rotatable bonds is 4. The van der Waals surface area contributed by atoms with Crippen molar-refractivity contribution in [3.8, 4) is 0 Å². The Morgan fingerprint density at radius 3 is 2.62 bits per heavy atom. The van der Waals surface area contributed by atoms with Gasteiger partial charge in [0.1, 0.15) is 4.70 Å². The lowest BCUT2D eigenvalue weighted by atomic mass is 9.96. The molecule has 1 aliphatic heterocycles.